The standard InChI is InChI=1S/C13H16ClNO3/c1-10(16)15(8-4-7-13(17)18)9-11-5-2-3-6-12(11)14/h2-3,5-6H,4,7-9H2,1H3,(H,17,18). The number of carboxylic acid groups (broad SMARTS) is 1. The zero-order chi connectivity index (χ0) is 13.5. The lowest BCUT2D eigenvalue weighted by Gasteiger charge is -2.21. The molecule has 5 heteroatoms. The molecular weight excluding hydrogens is 254 g/mol. The Bertz CT molecular complexity index is 434. The van der Waals surface area contributed by atoms with Crippen molar-refractivity contribution in [3.8, 4) is 0 Å². The van der Waals surface area contributed by atoms with Crippen LogP contribution in [0.5, 0.6) is 0 Å². The van der Waals surface area contributed by atoms with E-state index in [1.54, 1.807) is 11.0 Å². The summed E-state index contributed by atoms with van der Waals surface area (Å²) >= 11 is 6.03. The summed E-state index contributed by atoms with van der Waals surface area (Å²) in [6.07, 6.45) is 0.506. The highest BCUT2D eigenvalue weighted by molar-refractivity contribution is 6.31. The molecule has 0 aliphatic carbocycles. The molecule has 4 nitrogen and oxygen atoms in total. The zero-order valence-corrected chi connectivity index (χ0v) is 11.0. The van der Waals surface area contributed by atoms with E-state index in [9.17, 15) is 9.59 Å². The Morgan fingerprint density at radius 1 is 1.33 bits per heavy atom. The summed E-state index contributed by atoms with van der Waals surface area (Å²) in [7, 11) is 0. The molecule has 0 aromatic heterocycles. The first-order chi connectivity index (χ1) is 8.50. The number of nitrogens with zero attached hydrogens (tertiary/aromatic N) is 1. The number of hydrogen-bond acceptors (Lipinski definition) is 2. The van der Waals surface area contributed by atoms with Crippen molar-refractivity contribution in [1.82, 2.24) is 4.90 Å². The van der Waals surface area contributed by atoms with Gasteiger partial charge >= 0.3 is 5.97 Å². The summed E-state index contributed by atoms with van der Waals surface area (Å²) in [6, 6.07) is 7.31. The Morgan fingerprint density at radius 2 is 2.00 bits per heavy atom. The molecule has 0 saturated heterocycles. The van der Waals surface area contributed by atoms with E-state index >= 15 is 0 Å². The Labute approximate surface area is 111 Å². The summed E-state index contributed by atoms with van der Waals surface area (Å²) in [4.78, 5) is 23.5. The monoisotopic (exact) mass is 269 g/mol. The number of carbonyl (C=O) groups is 2. The van der Waals surface area contributed by atoms with Gasteiger partial charge in [-0.2, -0.15) is 0 Å². The van der Waals surface area contributed by atoms with Gasteiger partial charge in [0.05, 0.1) is 0 Å². The highest BCUT2D eigenvalue weighted by atomic mass is 35.5. The molecule has 1 aromatic rings. The summed E-state index contributed by atoms with van der Waals surface area (Å²) in [5.74, 6) is -0.934. The minimum atomic E-state index is -0.851. The third kappa shape index (κ3) is 4.75. The minimum absolute atomic E-state index is 0.0618. The van der Waals surface area contributed by atoms with Crippen molar-refractivity contribution < 1.29 is 14.7 Å². The summed E-state index contributed by atoms with van der Waals surface area (Å²) < 4.78 is 0. The van der Waals surface area contributed by atoms with Crippen LogP contribution in [0.3, 0.4) is 0 Å². The third-order valence-electron chi connectivity index (χ3n) is 2.58. The van der Waals surface area contributed by atoms with E-state index in [0.717, 1.165) is 5.56 Å². The van der Waals surface area contributed by atoms with Gasteiger partial charge in [-0.05, 0) is 18.1 Å². The molecule has 0 bridgehead atoms. The van der Waals surface area contributed by atoms with Crippen LogP contribution in [0.1, 0.15) is 25.3 Å². The van der Waals surface area contributed by atoms with E-state index in [-0.39, 0.29) is 12.3 Å². The summed E-state index contributed by atoms with van der Waals surface area (Å²) in [6.45, 7) is 2.30. The van der Waals surface area contributed by atoms with Crippen molar-refractivity contribution >= 4 is 23.5 Å². The first-order valence-corrected chi connectivity index (χ1v) is 6.09. The molecule has 0 fully saturated rings. The molecular formula is C13H16ClNO3. The Hall–Kier alpha value is -1.55. The molecule has 98 valence electrons. The average Bonchev–Trinajstić information content (AvgIpc) is 2.29. The van der Waals surface area contributed by atoms with E-state index in [4.69, 9.17) is 16.7 Å². The Balaban J connectivity index is 2.61. The number of halogens is 1. The van der Waals surface area contributed by atoms with Crippen LogP contribution in [0.4, 0.5) is 0 Å². The largest absolute Gasteiger partial charge is 0.481 e. The SMILES string of the molecule is CC(=O)N(CCCC(=O)O)Cc1ccccc1Cl. The maximum Gasteiger partial charge on any atom is 0.303 e. The van der Waals surface area contributed by atoms with E-state index in [1.807, 2.05) is 18.2 Å². The van der Waals surface area contributed by atoms with Gasteiger partial charge in [0.15, 0.2) is 0 Å². The molecule has 0 atom stereocenters. The van der Waals surface area contributed by atoms with Gasteiger partial charge in [-0.25, -0.2) is 0 Å². The molecule has 18 heavy (non-hydrogen) atoms. The second-order valence-electron chi connectivity index (χ2n) is 4.03. The van der Waals surface area contributed by atoms with Gasteiger partial charge in [0.1, 0.15) is 0 Å². The number of carbonyl (C=O) groups excluding carboxylic acids is 1. The van der Waals surface area contributed by atoms with Gasteiger partial charge in [-0.1, -0.05) is 29.8 Å². The molecule has 1 amide bonds. The third-order valence-corrected chi connectivity index (χ3v) is 2.95. The van der Waals surface area contributed by atoms with Crippen molar-refractivity contribution in [3.05, 3.63) is 34.9 Å². The van der Waals surface area contributed by atoms with Gasteiger partial charge in [-0.3, -0.25) is 9.59 Å². The van der Waals surface area contributed by atoms with E-state index < -0.39 is 5.97 Å². The van der Waals surface area contributed by atoms with Crippen LogP contribution in [0.25, 0.3) is 0 Å². The smallest absolute Gasteiger partial charge is 0.303 e. The fourth-order valence-electron chi connectivity index (χ4n) is 1.60. The van der Waals surface area contributed by atoms with Gasteiger partial charge in [0.25, 0.3) is 0 Å². The van der Waals surface area contributed by atoms with Crippen molar-refractivity contribution in [3.63, 3.8) is 0 Å². The van der Waals surface area contributed by atoms with E-state index in [2.05, 4.69) is 0 Å². The van der Waals surface area contributed by atoms with Crippen LogP contribution < -0.4 is 0 Å². The van der Waals surface area contributed by atoms with Gasteiger partial charge in [0, 0.05) is 31.5 Å². The lowest BCUT2D eigenvalue weighted by Crippen LogP contribution is -2.29. The Morgan fingerprint density at radius 3 is 2.56 bits per heavy atom. The van der Waals surface area contributed by atoms with E-state index in [1.165, 1.54) is 6.92 Å². The van der Waals surface area contributed by atoms with Crippen molar-refractivity contribution in [2.24, 2.45) is 0 Å². The maximum absolute atomic E-state index is 11.5. The first-order valence-electron chi connectivity index (χ1n) is 5.71. The van der Waals surface area contributed by atoms with Crippen LogP contribution in [0.2, 0.25) is 5.02 Å². The summed E-state index contributed by atoms with van der Waals surface area (Å²) in [5.41, 5.74) is 0.865. The van der Waals surface area contributed by atoms with Crippen LogP contribution in [-0.2, 0) is 16.1 Å². The minimum Gasteiger partial charge on any atom is -0.481 e. The van der Waals surface area contributed by atoms with Crippen LogP contribution in [0.15, 0.2) is 24.3 Å². The molecule has 0 aliphatic rings. The second kappa shape index (κ2) is 7.01. The number of rotatable bonds is 6. The molecule has 0 radical (unpaired) electrons. The van der Waals surface area contributed by atoms with Gasteiger partial charge in [0.2, 0.25) is 5.91 Å². The fraction of sp³-hybridized carbons (Fsp3) is 0.385. The molecule has 1 rings (SSSR count). The Kier molecular flexibility index (Phi) is 5.65. The van der Waals surface area contributed by atoms with Gasteiger partial charge < -0.3 is 10.0 Å². The highest BCUT2D eigenvalue weighted by Gasteiger charge is 2.11. The van der Waals surface area contributed by atoms with Crippen molar-refractivity contribution in [2.75, 3.05) is 6.54 Å². The average molecular weight is 270 g/mol. The van der Waals surface area contributed by atoms with Crippen molar-refractivity contribution in [1.29, 1.82) is 0 Å². The van der Waals surface area contributed by atoms with E-state index in [0.29, 0.717) is 24.5 Å². The summed E-state index contributed by atoms with van der Waals surface area (Å²) in [5, 5.41) is 9.19. The predicted octanol–water partition coefficient (Wildman–Crippen LogP) is 2.55. The van der Waals surface area contributed by atoms with Crippen LogP contribution in [0, 0.1) is 0 Å². The zero-order valence-electron chi connectivity index (χ0n) is 10.2. The molecule has 1 aromatic carbocycles. The van der Waals surface area contributed by atoms with Crippen LogP contribution in [-0.4, -0.2) is 28.4 Å². The number of carboxylic acids is 1. The molecule has 1 N–H and O–H groups in total. The van der Waals surface area contributed by atoms with Gasteiger partial charge in [-0.15, -0.1) is 0 Å². The second-order valence-corrected chi connectivity index (χ2v) is 4.44. The molecule has 0 heterocycles. The molecule has 0 aliphatic heterocycles. The number of aliphatic carboxylic acids is 1. The first kappa shape index (κ1) is 14.5. The number of hydrogen-bond donors (Lipinski definition) is 1. The number of benzene rings is 1. The topological polar surface area (TPSA) is 57.6 Å². The number of amides is 1. The quantitative estimate of drug-likeness (QED) is 0.863. The lowest BCUT2D eigenvalue weighted by molar-refractivity contribution is -0.138. The predicted molar refractivity (Wildman–Crippen MR) is 69.4 cm³/mol. The fourth-order valence-corrected chi connectivity index (χ4v) is 1.80. The maximum atomic E-state index is 11.5. The lowest BCUT2D eigenvalue weighted by atomic mass is 10.2. The molecule has 0 unspecified atom stereocenters. The van der Waals surface area contributed by atoms with Crippen LogP contribution >= 0.6 is 11.6 Å². The normalized spacial score (nSPS) is 10.1. The van der Waals surface area contributed by atoms with Crippen molar-refractivity contribution in [2.45, 2.75) is 26.3 Å². The molecule has 0 saturated carbocycles. The highest BCUT2D eigenvalue weighted by Crippen LogP contribution is 2.17. The molecule has 0 spiro atoms.